The van der Waals surface area contributed by atoms with Crippen LogP contribution < -0.4 is 0 Å². The molecule has 1 saturated heterocycles. The maximum Gasteiger partial charge on any atom is 0.0492 e. The van der Waals surface area contributed by atoms with E-state index >= 15 is 0 Å². The van der Waals surface area contributed by atoms with Gasteiger partial charge in [0.2, 0.25) is 0 Å². The summed E-state index contributed by atoms with van der Waals surface area (Å²) in [6, 6.07) is 0. The molecule has 0 aromatic carbocycles. The van der Waals surface area contributed by atoms with Crippen LogP contribution in [0.15, 0.2) is 0 Å². The summed E-state index contributed by atoms with van der Waals surface area (Å²) in [6.07, 6.45) is 0.965. The molecular weight excluding hydrogens is 132 g/mol. The monoisotopic (exact) mass is 140 g/mol. The first-order chi connectivity index (χ1) is 3.21. The van der Waals surface area contributed by atoms with E-state index in [9.17, 15) is 0 Å². The minimum Gasteiger partial charge on any atom is -0.289 e. The quantitative estimate of drug-likeness (QED) is 0.504. The van der Waals surface area contributed by atoms with E-state index in [0.717, 1.165) is 12.2 Å². The van der Waals surface area contributed by atoms with Gasteiger partial charge in [-0.15, -0.1) is 9.62 Å². The molecule has 0 amide bonds. The van der Waals surface area contributed by atoms with Crippen molar-refractivity contribution < 1.29 is 9.11 Å². The summed E-state index contributed by atoms with van der Waals surface area (Å²) in [5, 5.41) is 0. The summed E-state index contributed by atoms with van der Waals surface area (Å²) in [6.45, 7) is 0. The largest absolute Gasteiger partial charge is 0.289 e. The highest BCUT2D eigenvalue weighted by atomic mass is 33.2. The molecule has 0 bridgehead atoms. The van der Waals surface area contributed by atoms with E-state index in [1.54, 1.807) is 0 Å². The van der Waals surface area contributed by atoms with E-state index in [0.29, 0.717) is 5.75 Å². The maximum atomic E-state index is 8.80. The second-order valence-electron chi connectivity index (χ2n) is 1.49. The number of rotatable bonds is 0. The molecule has 1 rings (SSSR count). The van der Waals surface area contributed by atoms with Gasteiger partial charge in [0.1, 0.15) is 0 Å². The SMILES string of the molecule is OS1(O)CCCS1. The lowest BCUT2D eigenvalue weighted by molar-refractivity contribution is 0.510. The van der Waals surface area contributed by atoms with E-state index in [2.05, 4.69) is 0 Å². The van der Waals surface area contributed by atoms with Gasteiger partial charge in [0.05, 0.1) is 0 Å². The average molecular weight is 140 g/mol. The van der Waals surface area contributed by atoms with Crippen LogP contribution in [-0.2, 0) is 0 Å². The van der Waals surface area contributed by atoms with Crippen molar-refractivity contribution in [3.63, 3.8) is 0 Å². The Morgan fingerprint density at radius 2 is 2.14 bits per heavy atom. The van der Waals surface area contributed by atoms with Crippen LogP contribution >= 0.6 is 20.4 Å². The summed E-state index contributed by atoms with van der Waals surface area (Å²) in [5.74, 6) is 1.53. The Morgan fingerprint density at radius 3 is 2.29 bits per heavy atom. The van der Waals surface area contributed by atoms with Crippen molar-refractivity contribution in [1.82, 2.24) is 0 Å². The van der Waals surface area contributed by atoms with Crippen molar-refractivity contribution >= 4 is 20.4 Å². The van der Waals surface area contributed by atoms with Crippen molar-refractivity contribution in [3.8, 4) is 0 Å². The van der Waals surface area contributed by atoms with Gasteiger partial charge in [0, 0.05) is 11.5 Å². The molecule has 0 aromatic rings. The Bertz CT molecular complexity index is 65.3. The van der Waals surface area contributed by atoms with Crippen molar-refractivity contribution in [1.29, 1.82) is 0 Å². The van der Waals surface area contributed by atoms with Crippen LogP contribution in [-0.4, -0.2) is 20.6 Å². The van der Waals surface area contributed by atoms with Gasteiger partial charge in [-0.05, 0) is 17.2 Å². The predicted octanol–water partition coefficient (Wildman–Crippen LogP) is 1.79. The van der Waals surface area contributed by atoms with Gasteiger partial charge < -0.3 is 0 Å². The van der Waals surface area contributed by atoms with E-state index in [4.69, 9.17) is 9.11 Å². The second-order valence-corrected chi connectivity index (χ2v) is 6.06. The fourth-order valence-electron chi connectivity index (χ4n) is 0.498. The molecule has 1 fully saturated rings. The highest BCUT2D eigenvalue weighted by Crippen LogP contribution is 2.57. The molecular formula is C3H8O2S2. The van der Waals surface area contributed by atoms with Gasteiger partial charge >= 0.3 is 0 Å². The molecule has 44 valence electrons. The van der Waals surface area contributed by atoms with Crippen molar-refractivity contribution in [2.45, 2.75) is 6.42 Å². The Balaban J connectivity index is 2.40. The molecule has 0 saturated carbocycles. The first-order valence-corrected chi connectivity index (χ1v) is 5.33. The lowest BCUT2D eigenvalue weighted by atomic mass is 10.6. The smallest absolute Gasteiger partial charge is 0.0492 e. The third-order valence-electron chi connectivity index (χ3n) is 0.827. The first kappa shape index (κ1) is 5.75. The molecule has 0 unspecified atom stereocenters. The fraction of sp³-hybridized carbons (Fsp3) is 1.00. The lowest BCUT2D eigenvalue weighted by Crippen LogP contribution is -1.87. The molecule has 0 spiro atoms. The standard InChI is InChI=1S/C3H8O2S2/c4-7(5)3-1-2-6-7/h4-5H,1-3H2. The minimum atomic E-state index is -2.13. The first-order valence-electron chi connectivity index (χ1n) is 2.11. The highest BCUT2D eigenvalue weighted by Gasteiger charge is 2.18. The molecule has 0 atom stereocenters. The topological polar surface area (TPSA) is 40.5 Å². The van der Waals surface area contributed by atoms with Crippen LogP contribution in [0.25, 0.3) is 0 Å². The summed E-state index contributed by atoms with van der Waals surface area (Å²) < 4.78 is 17.6. The van der Waals surface area contributed by atoms with Gasteiger partial charge in [-0.3, -0.25) is 9.11 Å². The minimum absolute atomic E-state index is 0.609. The Morgan fingerprint density at radius 1 is 1.43 bits per heavy atom. The third-order valence-corrected chi connectivity index (χ3v) is 4.61. The molecule has 7 heavy (non-hydrogen) atoms. The Labute approximate surface area is 48.1 Å². The molecule has 1 aliphatic rings. The zero-order valence-electron chi connectivity index (χ0n) is 3.83. The Hall–Kier alpha value is 0.620. The summed E-state index contributed by atoms with van der Waals surface area (Å²) in [7, 11) is -0.836. The maximum absolute atomic E-state index is 8.80. The molecule has 4 heteroatoms. The molecule has 2 nitrogen and oxygen atoms in total. The fourth-order valence-corrected chi connectivity index (χ4v) is 3.71. The zero-order chi connectivity index (χ0) is 5.33. The normalized spacial score (nSPS) is 32.9. The zero-order valence-corrected chi connectivity index (χ0v) is 5.47. The van der Waals surface area contributed by atoms with Crippen molar-refractivity contribution in [2.75, 3.05) is 11.5 Å². The van der Waals surface area contributed by atoms with Crippen LogP contribution in [0.2, 0.25) is 0 Å². The van der Waals surface area contributed by atoms with Crippen LogP contribution in [0.5, 0.6) is 0 Å². The second kappa shape index (κ2) is 1.85. The number of hydrogen-bond acceptors (Lipinski definition) is 3. The lowest BCUT2D eigenvalue weighted by Gasteiger charge is -2.22. The van der Waals surface area contributed by atoms with Crippen LogP contribution in [0.4, 0.5) is 0 Å². The summed E-state index contributed by atoms with van der Waals surface area (Å²) >= 11 is 0. The molecule has 0 aromatic heterocycles. The average Bonchev–Trinajstić information content (AvgIpc) is 1.84. The van der Waals surface area contributed by atoms with Crippen molar-refractivity contribution in [3.05, 3.63) is 0 Å². The summed E-state index contributed by atoms with van der Waals surface area (Å²) in [4.78, 5) is 0. The molecule has 0 aliphatic carbocycles. The predicted molar refractivity (Wildman–Crippen MR) is 34.8 cm³/mol. The van der Waals surface area contributed by atoms with Crippen molar-refractivity contribution in [2.24, 2.45) is 0 Å². The highest BCUT2D eigenvalue weighted by molar-refractivity contribution is 8.89. The van der Waals surface area contributed by atoms with E-state index in [1.807, 2.05) is 0 Å². The van der Waals surface area contributed by atoms with Gasteiger partial charge in [0.15, 0.2) is 0 Å². The van der Waals surface area contributed by atoms with Gasteiger partial charge in [0.25, 0.3) is 0 Å². The molecule has 2 N–H and O–H groups in total. The van der Waals surface area contributed by atoms with Crippen LogP contribution in [0.3, 0.4) is 0 Å². The van der Waals surface area contributed by atoms with Gasteiger partial charge in [-0.25, -0.2) is 0 Å². The number of hydrogen-bond donors (Lipinski definition) is 2. The van der Waals surface area contributed by atoms with Gasteiger partial charge in [-0.1, -0.05) is 0 Å². The van der Waals surface area contributed by atoms with Crippen LogP contribution in [0.1, 0.15) is 6.42 Å². The molecule has 0 radical (unpaired) electrons. The Kier molecular flexibility index (Phi) is 1.52. The van der Waals surface area contributed by atoms with E-state index < -0.39 is 9.62 Å². The molecule has 1 heterocycles. The van der Waals surface area contributed by atoms with Gasteiger partial charge in [-0.2, -0.15) is 0 Å². The third kappa shape index (κ3) is 1.53. The van der Waals surface area contributed by atoms with Crippen LogP contribution in [0, 0.1) is 0 Å². The summed E-state index contributed by atoms with van der Waals surface area (Å²) in [5.41, 5.74) is 0. The van der Waals surface area contributed by atoms with E-state index in [-0.39, 0.29) is 0 Å². The van der Waals surface area contributed by atoms with E-state index in [1.165, 1.54) is 10.8 Å². The molecule has 1 aliphatic heterocycles.